The van der Waals surface area contributed by atoms with Gasteiger partial charge in [-0.15, -0.1) is 21.5 Å². The molecule has 1 unspecified atom stereocenters. The molecule has 1 aliphatic heterocycles. The first-order valence-corrected chi connectivity index (χ1v) is 8.03. The molecule has 1 amide bonds. The Bertz CT molecular complexity index is 786. The Morgan fingerprint density at radius 2 is 2.00 bits per heavy atom. The molecule has 6 nitrogen and oxygen atoms in total. The number of amides is 1. The number of fused-ring (bicyclic) bond motifs is 3. The molecular formula is C15H19N5OS. The van der Waals surface area contributed by atoms with E-state index in [2.05, 4.69) is 33.9 Å². The topological polar surface area (TPSA) is 72.2 Å². The lowest BCUT2D eigenvalue weighted by molar-refractivity contribution is -0.119. The molecule has 3 rings (SSSR count). The quantitative estimate of drug-likeness (QED) is 0.923. The summed E-state index contributed by atoms with van der Waals surface area (Å²) in [6.07, 6.45) is 0. The minimum Gasteiger partial charge on any atom is -0.354 e. The normalized spacial score (nSPS) is 16.6. The van der Waals surface area contributed by atoms with Gasteiger partial charge in [0.25, 0.3) is 0 Å². The van der Waals surface area contributed by atoms with Crippen LogP contribution in [0.2, 0.25) is 0 Å². The number of hydrogen-bond acceptors (Lipinski definition) is 5. The lowest BCUT2D eigenvalue weighted by atomic mass is 10.1. The van der Waals surface area contributed by atoms with E-state index in [9.17, 15) is 4.79 Å². The van der Waals surface area contributed by atoms with Gasteiger partial charge in [0.2, 0.25) is 5.91 Å². The number of nitrogens with one attached hydrogen (secondary N) is 1. The minimum atomic E-state index is -0.218. The van der Waals surface area contributed by atoms with Crippen molar-refractivity contribution < 1.29 is 4.79 Å². The molecule has 0 spiro atoms. The predicted octanol–water partition coefficient (Wildman–Crippen LogP) is 2.25. The fraction of sp³-hybridized carbons (Fsp3) is 0.467. The van der Waals surface area contributed by atoms with Gasteiger partial charge in [0.1, 0.15) is 16.9 Å². The van der Waals surface area contributed by atoms with Crippen molar-refractivity contribution in [3.63, 3.8) is 0 Å². The second kappa shape index (κ2) is 5.31. The summed E-state index contributed by atoms with van der Waals surface area (Å²) in [7, 11) is 0. The van der Waals surface area contributed by atoms with Gasteiger partial charge in [-0.05, 0) is 33.3 Å². The summed E-state index contributed by atoms with van der Waals surface area (Å²) in [6.45, 7) is 10.1. The van der Waals surface area contributed by atoms with Crippen molar-refractivity contribution in [3.8, 4) is 5.00 Å². The molecule has 0 saturated heterocycles. The van der Waals surface area contributed by atoms with Gasteiger partial charge in [0.05, 0.1) is 0 Å². The van der Waals surface area contributed by atoms with Gasteiger partial charge in [-0.3, -0.25) is 14.4 Å². The van der Waals surface area contributed by atoms with Crippen molar-refractivity contribution in [1.29, 1.82) is 0 Å². The van der Waals surface area contributed by atoms with Gasteiger partial charge >= 0.3 is 0 Å². The average molecular weight is 317 g/mol. The van der Waals surface area contributed by atoms with Crippen LogP contribution in [0.25, 0.3) is 5.00 Å². The maximum Gasteiger partial charge on any atom is 0.216 e. The largest absolute Gasteiger partial charge is 0.354 e. The second-order valence-corrected chi connectivity index (χ2v) is 6.77. The lowest BCUT2D eigenvalue weighted by Crippen LogP contribution is -2.26. The molecule has 1 aliphatic rings. The molecule has 0 saturated carbocycles. The van der Waals surface area contributed by atoms with Crippen LogP contribution >= 0.6 is 11.3 Å². The van der Waals surface area contributed by atoms with Gasteiger partial charge in [-0.2, -0.15) is 0 Å². The van der Waals surface area contributed by atoms with Crippen LogP contribution in [0.15, 0.2) is 4.99 Å². The number of aromatic nitrogens is 3. The zero-order chi connectivity index (χ0) is 16.0. The van der Waals surface area contributed by atoms with Gasteiger partial charge < -0.3 is 5.32 Å². The van der Waals surface area contributed by atoms with Crippen molar-refractivity contribution in [2.75, 3.05) is 6.54 Å². The summed E-state index contributed by atoms with van der Waals surface area (Å²) >= 11 is 1.74. The fourth-order valence-corrected chi connectivity index (χ4v) is 4.04. The van der Waals surface area contributed by atoms with Crippen molar-refractivity contribution in [1.82, 2.24) is 20.1 Å². The average Bonchev–Trinajstić information content (AvgIpc) is 2.92. The summed E-state index contributed by atoms with van der Waals surface area (Å²) in [5.41, 5.74) is 3.40. The third-order valence-corrected chi connectivity index (χ3v) is 5.17. The van der Waals surface area contributed by atoms with Crippen LogP contribution < -0.4 is 5.32 Å². The highest BCUT2D eigenvalue weighted by Gasteiger charge is 2.29. The molecule has 7 heteroatoms. The Hall–Kier alpha value is -2.02. The van der Waals surface area contributed by atoms with E-state index in [-0.39, 0.29) is 11.9 Å². The number of rotatable bonds is 2. The van der Waals surface area contributed by atoms with E-state index in [4.69, 9.17) is 4.99 Å². The second-order valence-electron chi connectivity index (χ2n) is 5.57. The first-order chi connectivity index (χ1) is 10.4. The van der Waals surface area contributed by atoms with Crippen LogP contribution in [-0.2, 0) is 4.79 Å². The number of aryl methyl sites for hydroxylation is 2. The number of aliphatic imine (C=N–C) groups is 1. The van der Waals surface area contributed by atoms with Gasteiger partial charge in [-0.1, -0.05) is 0 Å². The van der Waals surface area contributed by atoms with E-state index in [1.807, 2.05) is 13.8 Å². The number of carbonyl (C=O) groups is 1. The summed E-state index contributed by atoms with van der Waals surface area (Å²) in [6, 6.07) is -0.218. The molecule has 0 radical (unpaired) electrons. The van der Waals surface area contributed by atoms with Gasteiger partial charge in [0.15, 0.2) is 5.82 Å². The van der Waals surface area contributed by atoms with Crippen molar-refractivity contribution in [2.45, 2.75) is 40.7 Å². The molecule has 116 valence electrons. The molecular weight excluding hydrogens is 298 g/mol. The van der Waals surface area contributed by atoms with Crippen molar-refractivity contribution in [3.05, 3.63) is 27.7 Å². The molecule has 0 aliphatic carbocycles. The Balaban J connectivity index is 2.19. The Morgan fingerprint density at radius 3 is 2.68 bits per heavy atom. The van der Waals surface area contributed by atoms with Crippen molar-refractivity contribution >= 4 is 23.0 Å². The van der Waals surface area contributed by atoms with E-state index in [0.717, 1.165) is 27.9 Å². The van der Waals surface area contributed by atoms with E-state index in [1.165, 1.54) is 17.4 Å². The highest BCUT2D eigenvalue weighted by atomic mass is 32.1. The molecule has 0 fully saturated rings. The zero-order valence-electron chi connectivity index (χ0n) is 13.4. The third-order valence-electron chi connectivity index (χ3n) is 3.97. The number of hydrogen-bond donors (Lipinski definition) is 1. The monoisotopic (exact) mass is 317 g/mol. The SMILES string of the molecule is CC(=O)NCC1N=C(C)c2c(sc(C)c2C)-n2c(C)nnc21. The predicted molar refractivity (Wildman–Crippen MR) is 87.1 cm³/mol. The molecule has 2 aromatic heterocycles. The minimum absolute atomic E-state index is 0.0679. The molecule has 22 heavy (non-hydrogen) atoms. The van der Waals surface area contributed by atoms with Gasteiger partial charge in [-0.25, -0.2) is 0 Å². The van der Waals surface area contributed by atoms with Crippen molar-refractivity contribution in [2.24, 2.45) is 4.99 Å². The molecule has 2 aromatic rings. The van der Waals surface area contributed by atoms with Crippen LogP contribution in [0.1, 0.15) is 47.5 Å². The summed E-state index contributed by atoms with van der Waals surface area (Å²) in [4.78, 5) is 17.3. The van der Waals surface area contributed by atoms with Crippen LogP contribution in [0.4, 0.5) is 0 Å². The zero-order valence-corrected chi connectivity index (χ0v) is 14.2. The summed E-state index contributed by atoms with van der Waals surface area (Å²) < 4.78 is 2.08. The standard InChI is InChI=1S/C15H19N5OS/c1-7-9(3)22-15-13(7)8(2)17-12(6-16-11(5)21)14-19-18-10(4)20(14)15/h12H,6H2,1-5H3,(H,16,21). The highest BCUT2D eigenvalue weighted by Crippen LogP contribution is 2.36. The lowest BCUT2D eigenvalue weighted by Gasteiger charge is -2.12. The Labute approximate surface area is 133 Å². The molecule has 3 heterocycles. The summed E-state index contributed by atoms with van der Waals surface area (Å²) in [5, 5.41) is 12.5. The fourth-order valence-electron chi connectivity index (χ4n) is 2.77. The van der Waals surface area contributed by atoms with E-state index >= 15 is 0 Å². The van der Waals surface area contributed by atoms with E-state index < -0.39 is 0 Å². The van der Waals surface area contributed by atoms with Gasteiger partial charge in [0, 0.05) is 29.6 Å². The van der Waals surface area contributed by atoms with E-state index in [1.54, 1.807) is 11.3 Å². The maximum atomic E-state index is 11.2. The molecule has 0 bridgehead atoms. The Morgan fingerprint density at radius 1 is 1.27 bits per heavy atom. The Kier molecular flexibility index (Phi) is 3.60. The number of carbonyl (C=O) groups excluding carboxylic acids is 1. The third kappa shape index (κ3) is 2.25. The first kappa shape index (κ1) is 14.9. The summed E-state index contributed by atoms with van der Waals surface area (Å²) in [5.74, 6) is 1.56. The van der Waals surface area contributed by atoms with Crippen LogP contribution in [0.3, 0.4) is 0 Å². The van der Waals surface area contributed by atoms with Crippen LogP contribution in [0.5, 0.6) is 0 Å². The number of thiophene rings is 1. The molecule has 1 N–H and O–H groups in total. The molecule has 1 atom stereocenters. The highest BCUT2D eigenvalue weighted by molar-refractivity contribution is 7.15. The van der Waals surface area contributed by atoms with E-state index in [0.29, 0.717) is 6.54 Å². The van der Waals surface area contributed by atoms with Crippen LogP contribution in [-0.4, -0.2) is 32.9 Å². The molecule has 0 aromatic carbocycles. The first-order valence-electron chi connectivity index (χ1n) is 7.21. The van der Waals surface area contributed by atoms with Crippen LogP contribution in [0, 0.1) is 20.8 Å². The number of nitrogens with zero attached hydrogens (tertiary/aromatic N) is 4. The smallest absolute Gasteiger partial charge is 0.216 e. The maximum absolute atomic E-state index is 11.2.